The second-order valence-electron chi connectivity index (χ2n) is 5.04. The summed E-state index contributed by atoms with van der Waals surface area (Å²) in [5.74, 6) is 0.987. The number of ether oxygens (including phenoxy) is 2. The number of methoxy groups -OCH3 is 2. The average molecular weight is 369 g/mol. The van der Waals surface area contributed by atoms with Gasteiger partial charge in [-0.1, -0.05) is 29.3 Å². The van der Waals surface area contributed by atoms with Gasteiger partial charge in [0.2, 0.25) is 5.91 Å². The number of anilines is 2. The van der Waals surface area contributed by atoms with Crippen LogP contribution in [-0.4, -0.2) is 33.7 Å². The average Bonchev–Trinajstić information content (AvgIpc) is 2.57. The van der Waals surface area contributed by atoms with E-state index >= 15 is 0 Å². The quantitative estimate of drug-likeness (QED) is 0.834. The molecule has 7 heteroatoms. The molecule has 0 bridgehead atoms. The highest BCUT2D eigenvalue weighted by atomic mass is 35.5. The van der Waals surface area contributed by atoms with Crippen LogP contribution in [0.5, 0.6) is 11.5 Å². The molecule has 0 unspecified atom stereocenters. The van der Waals surface area contributed by atoms with Crippen molar-refractivity contribution >= 4 is 40.5 Å². The number of nitrogens with zero attached hydrogens (tertiary/aromatic N) is 1. The molecule has 0 aliphatic heterocycles. The highest BCUT2D eigenvalue weighted by Gasteiger charge is 2.13. The number of hydrogen-bond donors (Lipinski definition) is 1. The van der Waals surface area contributed by atoms with Crippen LogP contribution in [0.15, 0.2) is 36.4 Å². The van der Waals surface area contributed by atoms with E-state index in [1.807, 2.05) is 6.07 Å². The predicted molar refractivity (Wildman–Crippen MR) is 97.9 cm³/mol. The lowest BCUT2D eigenvalue weighted by Crippen LogP contribution is -2.30. The molecule has 5 nitrogen and oxygen atoms in total. The van der Waals surface area contributed by atoms with Crippen LogP contribution in [0.25, 0.3) is 0 Å². The Kier molecular flexibility index (Phi) is 6.17. The van der Waals surface area contributed by atoms with Gasteiger partial charge in [-0.25, -0.2) is 0 Å². The minimum absolute atomic E-state index is 0.122. The molecule has 0 saturated carbocycles. The number of nitrogens with one attached hydrogen (secondary N) is 1. The number of amides is 1. The summed E-state index contributed by atoms with van der Waals surface area (Å²) in [5, 5.41) is 3.52. The molecule has 0 aromatic heterocycles. The van der Waals surface area contributed by atoms with Crippen molar-refractivity contribution in [1.29, 1.82) is 0 Å². The van der Waals surface area contributed by atoms with Crippen LogP contribution in [0.3, 0.4) is 0 Å². The van der Waals surface area contributed by atoms with Crippen molar-refractivity contribution in [2.24, 2.45) is 0 Å². The van der Waals surface area contributed by atoms with Crippen LogP contribution in [0.4, 0.5) is 11.4 Å². The summed E-state index contributed by atoms with van der Waals surface area (Å²) in [6.45, 7) is 0.122. The van der Waals surface area contributed by atoms with Crippen LogP contribution in [-0.2, 0) is 4.79 Å². The second-order valence-corrected chi connectivity index (χ2v) is 5.85. The zero-order chi connectivity index (χ0) is 17.7. The lowest BCUT2D eigenvalue weighted by Gasteiger charge is -2.20. The zero-order valence-electron chi connectivity index (χ0n) is 13.6. The van der Waals surface area contributed by atoms with Crippen molar-refractivity contribution < 1.29 is 14.3 Å². The summed E-state index contributed by atoms with van der Waals surface area (Å²) in [7, 11) is 4.94. The number of halogens is 2. The van der Waals surface area contributed by atoms with Crippen LogP contribution >= 0.6 is 23.2 Å². The Hall–Kier alpha value is -2.11. The number of carbonyl (C=O) groups excluding carboxylic acids is 1. The van der Waals surface area contributed by atoms with Crippen molar-refractivity contribution in [1.82, 2.24) is 0 Å². The van der Waals surface area contributed by atoms with E-state index in [4.69, 9.17) is 32.7 Å². The molecule has 1 N–H and O–H groups in total. The van der Waals surface area contributed by atoms with Crippen molar-refractivity contribution in [3.05, 3.63) is 46.4 Å². The van der Waals surface area contributed by atoms with Gasteiger partial charge in [0.25, 0.3) is 0 Å². The fourth-order valence-corrected chi connectivity index (χ4v) is 2.66. The first-order valence-electron chi connectivity index (χ1n) is 7.13. The number of benzene rings is 2. The maximum atomic E-state index is 12.3. The Morgan fingerprint density at radius 1 is 1.08 bits per heavy atom. The molecule has 0 atom stereocenters. The van der Waals surface area contributed by atoms with Gasteiger partial charge in [0, 0.05) is 18.8 Å². The largest absolute Gasteiger partial charge is 0.493 e. The van der Waals surface area contributed by atoms with Gasteiger partial charge >= 0.3 is 0 Å². The zero-order valence-corrected chi connectivity index (χ0v) is 15.1. The van der Waals surface area contributed by atoms with E-state index in [0.29, 0.717) is 27.2 Å². The third kappa shape index (κ3) is 4.24. The second kappa shape index (κ2) is 8.13. The maximum Gasteiger partial charge on any atom is 0.243 e. The van der Waals surface area contributed by atoms with E-state index in [9.17, 15) is 4.79 Å². The number of rotatable bonds is 6. The summed E-state index contributed by atoms with van der Waals surface area (Å²) in [6.07, 6.45) is 0. The third-order valence-electron chi connectivity index (χ3n) is 3.42. The van der Waals surface area contributed by atoms with Crippen LogP contribution in [0, 0.1) is 0 Å². The first kappa shape index (κ1) is 18.2. The maximum absolute atomic E-state index is 12.3. The molecule has 0 radical (unpaired) electrons. The Morgan fingerprint density at radius 2 is 1.71 bits per heavy atom. The monoisotopic (exact) mass is 368 g/mol. The molecular formula is C17H18Cl2N2O3. The van der Waals surface area contributed by atoms with Crippen LogP contribution in [0.2, 0.25) is 10.0 Å². The Bertz CT molecular complexity index is 718. The molecule has 0 fully saturated rings. The molecule has 2 aromatic rings. The van der Waals surface area contributed by atoms with Gasteiger partial charge in [-0.15, -0.1) is 0 Å². The van der Waals surface area contributed by atoms with Gasteiger partial charge < -0.3 is 19.7 Å². The number of hydrogen-bond acceptors (Lipinski definition) is 4. The standard InChI is InChI=1S/C17H18Cl2N2O3/c1-21(11-7-8-14(23-2)15(9-11)24-3)10-16(22)20-17-12(18)5-4-6-13(17)19/h4-9H,10H2,1-3H3,(H,20,22). The molecule has 0 saturated heterocycles. The van der Waals surface area contributed by atoms with E-state index in [0.717, 1.165) is 5.69 Å². The molecule has 2 rings (SSSR count). The predicted octanol–water partition coefficient (Wildman–Crippen LogP) is 4.09. The van der Waals surface area contributed by atoms with E-state index < -0.39 is 0 Å². The first-order chi connectivity index (χ1) is 11.5. The molecule has 2 aromatic carbocycles. The number of carbonyl (C=O) groups is 1. The number of likely N-dealkylation sites (N-methyl/N-ethyl adjacent to an activating group) is 1. The number of para-hydroxylation sites is 1. The highest BCUT2D eigenvalue weighted by molar-refractivity contribution is 6.39. The van der Waals surface area contributed by atoms with Gasteiger partial charge in [0.1, 0.15) is 0 Å². The third-order valence-corrected chi connectivity index (χ3v) is 4.05. The molecule has 0 aliphatic rings. The summed E-state index contributed by atoms with van der Waals surface area (Å²) in [5.41, 5.74) is 1.22. The van der Waals surface area contributed by atoms with Crippen molar-refractivity contribution in [2.75, 3.05) is 38.0 Å². The van der Waals surface area contributed by atoms with E-state index in [2.05, 4.69) is 5.32 Å². The lowest BCUT2D eigenvalue weighted by molar-refractivity contribution is -0.114. The molecule has 0 aliphatic carbocycles. The van der Waals surface area contributed by atoms with Gasteiger partial charge in [0.15, 0.2) is 11.5 Å². The van der Waals surface area contributed by atoms with Crippen LogP contribution < -0.4 is 19.7 Å². The SMILES string of the molecule is COc1ccc(N(C)CC(=O)Nc2c(Cl)cccc2Cl)cc1OC. The van der Waals surface area contributed by atoms with Crippen molar-refractivity contribution in [2.45, 2.75) is 0 Å². The summed E-state index contributed by atoms with van der Waals surface area (Å²) in [4.78, 5) is 14.0. The molecular weight excluding hydrogens is 351 g/mol. The molecule has 128 valence electrons. The minimum atomic E-state index is -0.234. The molecule has 1 amide bonds. The van der Waals surface area contributed by atoms with Crippen molar-refractivity contribution in [3.63, 3.8) is 0 Å². The van der Waals surface area contributed by atoms with E-state index in [1.165, 1.54) is 0 Å². The van der Waals surface area contributed by atoms with Gasteiger partial charge in [-0.05, 0) is 24.3 Å². The molecule has 0 spiro atoms. The van der Waals surface area contributed by atoms with Crippen LogP contribution in [0.1, 0.15) is 0 Å². The van der Waals surface area contributed by atoms with E-state index in [-0.39, 0.29) is 12.5 Å². The molecule has 0 heterocycles. The van der Waals surface area contributed by atoms with Gasteiger partial charge in [0.05, 0.1) is 36.5 Å². The van der Waals surface area contributed by atoms with Gasteiger partial charge in [-0.3, -0.25) is 4.79 Å². The summed E-state index contributed by atoms with van der Waals surface area (Å²) < 4.78 is 10.5. The fraction of sp³-hybridized carbons (Fsp3) is 0.235. The Balaban J connectivity index is 2.09. The first-order valence-corrected chi connectivity index (χ1v) is 7.89. The molecule has 24 heavy (non-hydrogen) atoms. The fourth-order valence-electron chi connectivity index (χ4n) is 2.17. The highest BCUT2D eigenvalue weighted by Crippen LogP contribution is 2.32. The normalized spacial score (nSPS) is 10.2. The smallest absolute Gasteiger partial charge is 0.243 e. The lowest BCUT2D eigenvalue weighted by atomic mass is 10.2. The minimum Gasteiger partial charge on any atom is -0.493 e. The Labute approximate surface area is 151 Å². The van der Waals surface area contributed by atoms with E-state index in [1.54, 1.807) is 56.5 Å². The Morgan fingerprint density at radius 3 is 2.29 bits per heavy atom. The summed E-state index contributed by atoms with van der Waals surface area (Å²) >= 11 is 12.1. The van der Waals surface area contributed by atoms with Gasteiger partial charge in [-0.2, -0.15) is 0 Å². The summed E-state index contributed by atoms with van der Waals surface area (Å²) in [6, 6.07) is 10.5. The van der Waals surface area contributed by atoms with Crippen molar-refractivity contribution in [3.8, 4) is 11.5 Å². The topological polar surface area (TPSA) is 50.8 Å².